The molecule has 1 atom stereocenters. The standard InChI is InChI=1S/C14H20Cl2N2O2S/c1-3-17-8-11-6-12(15)7-13(14(11)16)21(19,20)18-9(2)10-4-5-10/h6-7,9-10,17-18H,3-5,8H2,1-2H3. The molecule has 0 spiro atoms. The van der Waals surface area contributed by atoms with Gasteiger partial charge in [0.15, 0.2) is 0 Å². The molecule has 0 heterocycles. The molecular formula is C14H20Cl2N2O2S. The summed E-state index contributed by atoms with van der Waals surface area (Å²) >= 11 is 12.3. The van der Waals surface area contributed by atoms with Gasteiger partial charge in [0.2, 0.25) is 10.0 Å². The van der Waals surface area contributed by atoms with Crippen LogP contribution in [-0.2, 0) is 16.6 Å². The van der Waals surface area contributed by atoms with Gasteiger partial charge in [0.25, 0.3) is 0 Å². The number of halogens is 2. The monoisotopic (exact) mass is 350 g/mol. The Morgan fingerprint density at radius 3 is 2.57 bits per heavy atom. The number of hydrogen-bond donors (Lipinski definition) is 2. The van der Waals surface area contributed by atoms with Crippen molar-refractivity contribution in [2.75, 3.05) is 6.54 Å². The first-order valence-electron chi connectivity index (χ1n) is 7.06. The van der Waals surface area contributed by atoms with E-state index in [0.717, 1.165) is 19.4 Å². The predicted octanol–water partition coefficient (Wildman–Crippen LogP) is 3.18. The molecule has 0 saturated heterocycles. The van der Waals surface area contributed by atoms with Crippen LogP contribution in [0.1, 0.15) is 32.3 Å². The minimum absolute atomic E-state index is 0.0528. The molecular weight excluding hydrogens is 331 g/mol. The highest BCUT2D eigenvalue weighted by Gasteiger charge is 2.32. The fourth-order valence-corrected chi connectivity index (χ4v) is 4.45. The Hall–Kier alpha value is -0.330. The van der Waals surface area contributed by atoms with Crippen molar-refractivity contribution in [1.82, 2.24) is 10.0 Å². The molecule has 2 rings (SSSR count). The quantitative estimate of drug-likeness (QED) is 0.793. The Bertz CT molecular complexity index is 616. The van der Waals surface area contributed by atoms with Gasteiger partial charge in [-0.3, -0.25) is 0 Å². The fourth-order valence-electron chi connectivity index (χ4n) is 2.20. The summed E-state index contributed by atoms with van der Waals surface area (Å²) in [7, 11) is -3.66. The van der Waals surface area contributed by atoms with E-state index in [1.54, 1.807) is 6.07 Å². The molecule has 2 N–H and O–H groups in total. The molecule has 7 heteroatoms. The molecule has 1 unspecified atom stereocenters. The second-order valence-electron chi connectivity index (χ2n) is 5.40. The first kappa shape index (κ1) is 17.0. The normalized spacial score (nSPS) is 17.0. The third-order valence-electron chi connectivity index (χ3n) is 3.60. The van der Waals surface area contributed by atoms with Crippen molar-refractivity contribution in [1.29, 1.82) is 0 Å². The van der Waals surface area contributed by atoms with Crippen molar-refractivity contribution < 1.29 is 8.42 Å². The Morgan fingerprint density at radius 2 is 2.00 bits per heavy atom. The topological polar surface area (TPSA) is 58.2 Å². The number of sulfonamides is 1. The Labute approximate surface area is 136 Å². The van der Waals surface area contributed by atoms with Gasteiger partial charge in [-0.25, -0.2) is 13.1 Å². The molecule has 1 aromatic rings. The van der Waals surface area contributed by atoms with Crippen molar-refractivity contribution in [3.05, 3.63) is 27.7 Å². The van der Waals surface area contributed by atoms with Crippen molar-refractivity contribution in [3.8, 4) is 0 Å². The van der Waals surface area contributed by atoms with Crippen LogP contribution in [0, 0.1) is 5.92 Å². The van der Waals surface area contributed by atoms with Crippen LogP contribution in [0.3, 0.4) is 0 Å². The zero-order valence-corrected chi connectivity index (χ0v) is 14.4. The van der Waals surface area contributed by atoms with Gasteiger partial charge >= 0.3 is 0 Å². The van der Waals surface area contributed by atoms with E-state index in [1.165, 1.54) is 6.07 Å². The van der Waals surface area contributed by atoms with Gasteiger partial charge in [0.1, 0.15) is 4.90 Å². The molecule has 1 saturated carbocycles. The average Bonchev–Trinajstić information content (AvgIpc) is 3.23. The average molecular weight is 351 g/mol. The fraction of sp³-hybridized carbons (Fsp3) is 0.571. The van der Waals surface area contributed by atoms with Gasteiger partial charge in [0.05, 0.1) is 5.02 Å². The Kier molecular flexibility index (Phi) is 5.54. The zero-order chi connectivity index (χ0) is 15.6. The van der Waals surface area contributed by atoms with Gasteiger partial charge in [0, 0.05) is 17.6 Å². The van der Waals surface area contributed by atoms with Gasteiger partial charge in [-0.2, -0.15) is 0 Å². The molecule has 0 amide bonds. The van der Waals surface area contributed by atoms with E-state index >= 15 is 0 Å². The van der Waals surface area contributed by atoms with Crippen LogP contribution in [0.15, 0.2) is 17.0 Å². The van der Waals surface area contributed by atoms with Crippen LogP contribution < -0.4 is 10.0 Å². The molecule has 1 aliphatic carbocycles. The molecule has 4 nitrogen and oxygen atoms in total. The summed E-state index contributed by atoms with van der Waals surface area (Å²) in [4.78, 5) is 0.0528. The molecule has 0 aliphatic heterocycles. The molecule has 118 valence electrons. The van der Waals surface area contributed by atoms with E-state index in [-0.39, 0.29) is 16.0 Å². The lowest BCUT2D eigenvalue weighted by atomic mass is 10.2. The summed E-state index contributed by atoms with van der Waals surface area (Å²) in [5, 5.41) is 3.72. The minimum atomic E-state index is -3.66. The van der Waals surface area contributed by atoms with Crippen LogP contribution in [0.4, 0.5) is 0 Å². The van der Waals surface area contributed by atoms with Crippen molar-refractivity contribution in [3.63, 3.8) is 0 Å². The van der Waals surface area contributed by atoms with Crippen LogP contribution in [0.2, 0.25) is 10.0 Å². The molecule has 1 aromatic carbocycles. The first-order valence-corrected chi connectivity index (χ1v) is 9.30. The van der Waals surface area contributed by atoms with Crippen LogP contribution >= 0.6 is 23.2 Å². The summed E-state index contributed by atoms with van der Waals surface area (Å²) in [5.74, 6) is 0.430. The first-order chi connectivity index (χ1) is 9.85. The maximum absolute atomic E-state index is 12.5. The third kappa shape index (κ3) is 4.33. The molecule has 1 aliphatic rings. The lowest BCUT2D eigenvalue weighted by Gasteiger charge is -2.16. The highest BCUT2D eigenvalue weighted by atomic mass is 35.5. The minimum Gasteiger partial charge on any atom is -0.313 e. The van der Waals surface area contributed by atoms with Crippen molar-refractivity contribution in [2.45, 2.75) is 44.2 Å². The second kappa shape index (κ2) is 6.84. The molecule has 0 bridgehead atoms. The van der Waals surface area contributed by atoms with Gasteiger partial charge in [-0.1, -0.05) is 30.1 Å². The maximum Gasteiger partial charge on any atom is 0.242 e. The predicted molar refractivity (Wildman–Crippen MR) is 86.4 cm³/mol. The second-order valence-corrected chi connectivity index (χ2v) is 7.90. The number of hydrogen-bond acceptors (Lipinski definition) is 3. The Balaban J connectivity index is 2.30. The molecule has 1 fully saturated rings. The SMILES string of the molecule is CCNCc1cc(Cl)cc(S(=O)(=O)NC(C)C2CC2)c1Cl. The Morgan fingerprint density at radius 1 is 1.33 bits per heavy atom. The third-order valence-corrected chi connectivity index (χ3v) is 5.96. The summed E-state index contributed by atoms with van der Waals surface area (Å²) in [6.45, 7) is 5.10. The van der Waals surface area contributed by atoms with Gasteiger partial charge in [-0.15, -0.1) is 0 Å². The van der Waals surface area contributed by atoms with Gasteiger partial charge in [-0.05, 0) is 49.9 Å². The highest BCUT2D eigenvalue weighted by molar-refractivity contribution is 7.89. The van der Waals surface area contributed by atoms with E-state index in [9.17, 15) is 8.42 Å². The highest BCUT2D eigenvalue weighted by Crippen LogP contribution is 2.34. The lowest BCUT2D eigenvalue weighted by molar-refractivity contribution is 0.538. The summed E-state index contributed by atoms with van der Waals surface area (Å²) in [6.07, 6.45) is 2.14. The molecule has 0 radical (unpaired) electrons. The zero-order valence-electron chi connectivity index (χ0n) is 12.1. The van der Waals surface area contributed by atoms with Crippen molar-refractivity contribution >= 4 is 33.2 Å². The number of nitrogens with one attached hydrogen (secondary N) is 2. The van der Waals surface area contributed by atoms with E-state index in [2.05, 4.69) is 10.0 Å². The number of benzene rings is 1. The largest absolute Gasteiger partial charge is 0.313 e. The number of rotatable bonds is 7. The van der Waals surface area contributed by atoms with Crippen LogP contribution in [0.25, 0.3) is 0 Å². The smallest absolute Gasteiger partial charge is 0.242 e. The summed E-state index contributed by atoms with van der Waals surface area (Å²) in [5.41, 5.74) is 0.686. The maximum atomic E-state index is 12.5. The van der Waals surface area contributed by atoms with Crippen LogP contribution in [0.5, 0.6) is 0 Å². The van der Waals surface area contributed by atoms with E-state index in [1.807, 2.05) is 13.8 Å². The molecule has 0 aromatic heterocycles. The van der Waals surface area contributed by atoms with E-state index in [0.29, 0.717) is 23.0 Å². The van der Waals surface area contributed by atoms with E-state index in [4.69, 9.17) is 23.2 Å². The van der Waals surface area contributed by atoms with E-state index < -0.39 is 10.0 Å². The van der Waals surface area contributed by atoms with Crippen LogP contribution in [-0.4, -0.2) is 21.0 Å². The van der Waals surface area contributed by atoms with Crippen molar-refractivity contribution in [2.24, 2.45) is 5.92 Å². The summed E-state index contributed by atoms with van der Waals surface area (Å²) in [6, 6.07) is 3.01. The molecule has 21 heavy (non-hydrogen) atoms. The lowest BCUT2D eigenvalue weighted by Crippen LogP contribution is -2.34. The summed E-state index contributed by atoms with van der Waals surface area (Å²) < 4.78 is 27.7. The van der Waals surface area contributed by atoms with Gasteiger partial charge < -0.3 is 5.32 Å².